The smallest absolute Gasteiger partial charge is 0.253 e. The number of anilines is 2. The predicted molar refractivity (Wildman–Crippen MR) is 138 cm³/mol. The molecule has 0 unspecified atom stereocenters. The number of H-pyrrole nitrogens is 1. The average molecular weight is 464 g/mol. The fraction of sp³-hybridized carbons (Fsp3) is 0.111. The van der Waals surface area contributed by atoms with Gasteiger partial charge >= 0.3 is 0 Å². The van der Waals surface area contributed by atoms with Gasteiger partial charge in [-0.3, -0.25) is 19.6 Å². The number of para-hydroxylation sites is 1. The number of hydrogen-bond acceptors (Lipinski definition) is 5. The molecule has 0 bridgehead atoms. The van der Waals surface area contributed by atoms with E-state index in [1.165, 1.54) is 0 Å². The van der Waals surface area contributed by atoms with Gasteiger partial charge in [0, 0.05) is 24.3 Å². The third kappa shape index (κ3) is 4.96. The third-order valence-corrected chi connectivity index (χ3v) is 5.67. The third-order valence-electron chi connectivity index (χ3n) is 5.67. The second kappa shape index (κ2) is 9.64. The lowest BCUT2D eigenvalue weighted by atomic mass is 10.1. The highest BCUT2D eigenvalue weighted by Crippen LogP contribution is 2.26. The number of carbonyl (C=O) groups excluding carboxylic acids is 1. The molecular weight excluding hydrogens is 438 g/mol. The van der Waals surface area contributed by atoms with Gasteiger partial charge in [-0.05, 0) is 67.6 Å². The van der Waals surface area contributed by atoms with Gasteiger partial charge in [-0.25, -0.2) is 0 Å². The summed E-state index contributed by atoms with van der Waals surface area (Å²) in [5.41, 5.74) is 6.60. The molecule has 0 aliphatic carbocycles. The normalized spacial score (nSPS) is 11.3. The van der Waals surface area contributed by atoms with Gasteiger partial charge in [-0.1, -0.05) is 18.2 Å². The second-order valence-electron chi connectivity index (χ2n) is 8.21. The fourth-order valence-electron chi connectivity index (χ4n) is 3.93. The van der Waals surface area contributed by atoms with Gasteiger partial charge in [0.15, 0.2) is 0 Å². The van der Waals surface area contributed by atoms with Crippen molar-refractivity contribution < 1.29 is 4.79 Å². The van der Waals surface area contributed by atoms with Gasteiger partial charge < -0.3 is 10.6 Å². The average Bonchev–Trinajstić information content (AvgIpc) is 3.43. The van der Waals surface area contributed by atoms with Crippen LogP contribution in [0.2, 0.25) is 0 Å². The number of pyridine rings is 1. The molecule has 0 radical (unpaired) electrons. The first-order valence-corrected chi connectivity index (χ1v) is 11.3. The Morgan fingerprint density at radius 1 is 1.06 bits per heavy atom. The maximum Gasteiger partial charge on any atom is 0.253 e. The van der Waals surface area contributed by atoms with Gasteiger partial charge in [0.25, 0.3) is 5.91 Å². The highest BCUT2D eigenvalue weighted by atomic mass is 16.1. The van der Waals surface area contributed by atoms with Crippen molar-refractivity contribution in [1.29, 1.82) is 0 Å². The molecule has 174 valence electrons. The van der Waals surface area contributed by atoms with Crippen LogP contribution in [0.3, 0.4) is 0 Å². The van der Waals surface area contributed by atoms with Crippen molar-refractivity contribution in [2.24, 2.45) is 7.05 Å². The van der Waals surface area contributed by atoms with Crippen molar-refractivity contribution in [2.75, 3.05) is 5.32 Å². The van der Waals surface area contributed by atoms with E-state index < -0.39 is 0 Å². The number of fused-ring (bicyclic) bond motifs is 1. The minimum absolute atomic E-state index is 0.156. The number of aromatic nitrogens is 5. The number of rotatable bonds is 7. The summed E-state index contributed by atoms with van der Waals surface area (Å²) >= 11 is 0. The molecule has 1 amide bonds. The van der Waals surface area contributed by atoms with Crippen LogP contribution in [0.5, 0.6) is 0 Å². The van der Waals surface area contributed by atoms with Crippen LogP contribution < -0.4 is 10.6 Å². The van der Waals surface area contributed by atoms with Crippen molar-refractivity contribution in [1.82, 2.24) is 30.3 Å². The Kier molecular flexibility index (Phi) is 6.09. The van der Waals surface area contributed by atoms with Crippen LogP contribution in [0.1, 0.15) is 33.1 Å². The molecule has 5 aromatic rings. The summed E-state index contributed by atoms with van der Waals surface area (Å²) in [5.74, 6) is -0.156. The maximum atomic E-state index is 12.9. The summed E-state index contributed by atoms with van der Waals surface area (Å²) in [6.07, 6.45) is 5.64. The van der Waals surface area contributed by atoms with Crippen molar-refractivity contribution in [2.45, 2.75) is 13.5 Å². The Morgan fingerprint density at radius 2 is 1.91 bits per heavy atom. The Hall–Kier alpha value is -4.72. The standard InChI is InChI=1S/C27H25N7O/c1-18-15-21(34(2)33-18)17-29-27(35)23-8-3-4-9-24(23)30-20-10-12-22-25(31-32-26(22)16-20)13-11-19-7-5-6-14-28-19/h3-16,30H,17H2,1-2H3,(H,29,35)(H,31,32). The molecule has 0 fully saturated rings. The molecular formula is C27H25N7O. The zero-order valence-corrected chi connectivity index (χ0v) is 19.5. The number of aromatic amines is 1. The summed E-state index contributed by atoms with van der Waals surface area (Å²) in [6.45, 7) is 2.33. The Bertz CT molecular complexity index is 1520. The summed E-state index contributed by atoms with van der Waals surface area (Å²) in [5, 5.41) is 19.2. The first-order valence-electron chi connectivity index (χ1n) is 11.3. The minimum Gasteiger partial charge on any atom is -0.355 e. The number of benzene rings is 2. The lowest BCUT2D eigenvalue weighted by molar-refractivity contribution is 0.0951. The lowest BCUT2D eigenvalue weighted by Crippen LogP contribution is -2.24. The van der Waals surface area contributed by atoms with Gasteiger partial charge in [-0.15, -0.1) is 0 Å². The number of nitrogens with one attached hydrogen (secondary N) is 3. The molecule has 0 aliphatic heterocycles. The molecule has 3 heterocycles. The maximum absolute atomic E-state index is 12.9. The van der Waals surface area contributed by atoms with E-state index in [1.54, 1.807) is 16.9 Å². The predicted octanol–water partition coefficient (Wildman–Crippen LogP) is 4.84. The summed E-state index contributed by atoms with van der Waals surface area (Å²) < 4.78 is 1.78. The highest BCUT2D eigenvalue weighted by Gasteiger charge is 2.13. The van der Waals surface area contributed by atoms with E-state index in [1.807, 2.05) is 86.8 Å². The van der Waals surface area contributed by atoms with Gasteiger partial charge in [0.2, 0.25) is 0 Å². The topological polar surface area (TPSA) is 101 Å². The van der Waals surface area contributed by atoms with Crippen LogP contribution in [0.15, 0.2) is 72.9 Å². The monoisotopic (exact) mass is 463 g/mol. The number of hydrogen-bond donors (Lipinski definition) is 3. The first kappa shape index (κ1) is 22.1. The van der Waals surface area contributed by atoms with Crippen LogP contribution in [-0.2, 0) is 13.6 Å². The Balaban J connectivity index is 1.32. The highest BCUT2D eigenvalue weighted by molar-refractivity contribution is 6.00. The fourth-order valence-corrected chi connectivity index (χ4v) is 3.93. The molecule has 3 N–H and O–H groups in total. The van der Waals surface area contributed by atoms with Gasteiger partial charge in [0.05, 0.1) is 46.1 Å². The Labute approximate surface area is 202 Å². The molecule has 0 aliphatic rings. The number of carbonyl (C=O) groups is 1. The van der Waals surface area contributed by atoms with E-state index in [2.05, 4.69) is 30.9 Å². The molecule has 5 rings (SSSR count). The molecule has 35 heavy (non-hydrogen) atoms. The van der Waals surface area contributed by atoms with Gasteiger partial charge in [-0.2, -0.15) is 10.2 Å². The number of aryl methyl sites for hydroxylation is 2. The van der Waals surface area contributed by atoms with Crippen molar-refractivity contribution >= 4 is 40.3 Å². The van der Waals surface area contributed by atoms with Crippen LogP contribution in [0.4, 0.5) is 11.4 Å². The molecule has 0 atom stereocenters. The van der Waals surface area contributed by atoms with E-state index >= 15 is 0 Å². The van der Waals surface area contributed by atoms with E-state index in [0.717, 1.165) is 45.1 Å². The molecule has 8 heteroatoms. The van der Waals surface area contributed by atoms with E-state index in [0.29, 0.717) is 12.1 Å². The number of amides is 1. The molecule has 0 saturated carbocycles. The minimum atomic E-state index is -0.156. The molecule has 2 aromatic carbocycles. The lowest BCUT2D eigenvalue weighted by Gasteiger charge is -2.12. The molecule has 3 aromatic heterocycles. The summed E-state index contributed by atoms with van der Waals surface area (Å²) in [7, 11) is 1.87. The number of nitrogens with zero attached hydrogens (tertiary/aromatic N) is 4. The van der Waals surface area contributed by atoms with E-state index in [-0.39, 0.29) is 5.91 Å². The van der Waals surface area contributed by atoms with Crippen molar-refractivity contribution in [3.63, 3.8) is 0 Å². The van der Waals surface area contributed by atoms with Gasteiger partial charge in [0.1, 0.15) is 0 Å². The molecule has 0 spiro atoms. The Morgan fingerprint density at radius 3 is 2.71 bits per heavy atom. The second-order valence-corrected chi connectivity index (χ2v) is 8.21. The quantitative estimate of drug-likeness (QED) is 0.321. The molecule has 8 nitrogen and oxygen atoms in total. The van der Waals surface area contributed by atoms with Crippen molar-refractivity contribution in [3.05, 3.63) is 101 Å². The zero-order valence-electron chi connectivity index (χ0n) is 19.5. The SMILES string of the molecule is Cc1cc(CNC(=O)c2ccccc2Nc2ccc3c(C=Cc4ccccn4)n[nH]c3c2)n(C)n1. The molecule has 0 saturated heterocycles. The van der Waals surface area contributed by atoms with E-state index in [4.69, 9.17) is 0 Å². The van der Waals surface area contributed by atoms with Crippen LogP contribution in [0, 0.1) is 6.92 Å². The van der Waals surface area contributed by atoms with Crippen LogP contribution in [0.25, 0.3) is 23.1 Å². The van der Waals surface area contributed by atoms with Crippen molar-refractivity contribution in [3.8, 4) is 0 Å². The van der Waals surface area contributed by atoms with Crippen LogP contribution >= 0.6 is 0 Å². The zero-order chi connectivity index (χ0) is 24.2. The van der Waals surface area contributed by atoms with Crippen LogP contribution in [-0.4, -0.2) is 30.9 Å². The largest absolute Gasteiger partial charge is 0.355 e. The summed E-state index contributed by atoms with van der Waals surface area (Å²) in [6, 6.07) is 21.2. The summed E-state index contributed by atoms with van der Waals surface area (Å²) in [4.78, 5) is 17.2. The first-order chi connectivity index (χ1) is 17.1. The van der Waals surface area contributed by atoms with E-state index in [9.17, 15) is 4.79 Å².